The van der Waals surface area contributed by atoms with Crippen molar-refractivity contribution < 1.29 is 0 Å². The molecule has 0 N–H and O–H groups in total. The van der Waals surface area contributed by atoms with Crippen LogP contribution in [-0.4, -0.2) is 0 Å². The molecule has 1 aromatic carbocycles. The average molecular weight is 302 g/mol. The van der Waals surface area contributed by atoms with E-state index in [1.165, 1.54) is 17.6 Å². The van der Waals surface area contributed by atoms with Crippen molar-refractivity contribution in [2.75, 3.05) is 0 Å². The molecule has 1 aromatic rings. The number of rotatable bonds is 7. The summed E-state index contributed by atoms with van der Waals surface area (Å²) in [5, 5.41) is 0. The quantitative estimate of drug-likeness (QED) is 0.497. The van der Waals surface area contributed by atoms with Crippen LogP contribution in [0.25, 0.3) is 11.1 Å². The Balaban J connectivity index is 2.25. The lowest BCUT2D eigenvalue weighted by Crippen LogP contribution is -1.91. The standard InChI is InChI=1S/C23H26/c1-7-9-23(16(3)4)18(6)20-10-12-21(13-11-20)19(8-2)15-22-14-17(22)5/h7-13,15,17,22H,1-3,6,14H2,4-5H3/b19-15+,23-9+. The molecule has 1 aliphatic rings. The Kier molecular flexibility index (Phi) is 5.39. The molecule has 2 unspecified atom stereocenters. The van der Waals surface area contributed by atoms with Crippen LogP contribution >= 0.6 is 0 Å². The third-order valence-corrected chi connectivity index (χ3v) is 4.42. The van der Waals surface area contributed by atoms with Gasteiger partial charge in [-0.25, -0.2) is 0 Å². The average Bonchev–Trinajstić information content (AvgIpc) is 3.24. The Morgan fingerprint density at radius 3 is 2.09 bits per heavy atom. The summed E-state index contributed by atoms with van der Waals surface area (Å²) in [6.07, 6.45) is 9.33. The normalized spacial score (nSPS) is 20.8. The van der Waals surface area contributed by atoms with Gasteiger partial charge in [0.1, 0.15) is 0 Å². The molecule has 1 aliphatic carbocycles. The summed E-state index contributed by atoms with van der Waals surface area (Å²) in [4.78, 5) is 0. The van der Waals surface area contributed by atoms with Gasteiger partial charge in [-0.2, -0.15) is 0 Å². The minimum Gasteiger partial charge on any atom is -0.0990 e. The lowest BCUT2D eigenvalue weighted by Gasteiger charge is -2.12. The summed E-state index contributed by atoms with van der Waals surface area (Å²) in [5.74, 6) is 1.52. The van der Waals surface area contributed by atoms with E-state index in [9.17, 15) is 0 Å². The van der Waals surface area contributed by atoms with Gasteiger partial charge in [-0.1, -0.05) is 87.4 Å². The van der Waals surface area contributed by atoms with Crippen LogP contribution in [0.2, 0.25) is 0 Å². The highest BCUT2D eigenvalue weighted by atomic mass is 14.3. The van der Waals surface area contributed by atoms with E-state index >= 15 is 0 Å². The van der Waals surface area contributed by atoms with Crippen LogP contribution in [0.4, 0.5) is 0 Å². The highest BCUT2D eigenvalue weighted by molar-refractivity contribution is 5.83. The predicted molar refractivity (Wildman–Crippen MR) is 104 cm³/mol. The smallest absolute Gasteiger partial charge is 0.0161 e. The van der Waals surface area contributed by atoms with E-state index in [2.05, 4.69) is 63.6 Å². The molecule has 0 amide bonds. The molecule has 0 heterocycles. The molecule has 0 radical (unpaired) electrons. The fraction of sp³-hybridized carbons (Fsp3) is 0.217. The monoisotopic (exact) mass is 302 g/mol. The number of benzene rings is 1. The van der Waals surface area contributed by atoms with Gasteiger partial charge in [-0.15, -0.1) is 0 Å². The van der Waals surface area contributed by atoms with E-state index in [0.29, 0.717) is 5.92 Å². The number of hydrogen-bond donors (Lipinski definition) is 0. The Bertz CT molecular complexity index is 692. The molecule has 1 fully saturated rings. The van der Waals surface area contributed by atoms with Crippen molar-refractivity contribution in [3.05, 3.63) is 97.2 Å². The molecule has 0 bridgehead atoms. The second-order valence-electron chi connectivity index (χ2n) is 6.36. The lowest BCUT2D eigenvalue weighted by atomic mass is 9.93. The maximum atomic E-state index is 4.22. The van der Waals surface area contributed by atoms with Crippen LogP contribution in [0, 0.1) is 11.8 Å². The molecule has 2 rings (SSSR count). The fourth-order valence-corrected chi connectivity index (χ4v) is 2.73. The van der Waals surface area contributed by atoms with Gasteiger partial charge in [0, 0.05) is 0 Å². The van der Waals surface area contributed by atoms with Gasteiger partial charge in [-0.05, 0) is 53.0 Å². The Morgan fingerprint density at radius 1 is 1.09 bits per heavy atom. The zero-order valence-corrected chi connectivity index (χ0v) is 14.3. The first-order valence-electron chi connectivity index (χ1n) is 8.10. The first-order chi connectivity index (χ1) is 11.0. The van der Waals surface area contributed by atoms with E-state index in [0.717, 1.165) is 28.2 Å². The van der Waals surface area contributed by atoms with Crippen molar-refractivity contribution in [3.63, 3.8) is 0 Å². The largest absolute Gasteiger partial charge is 0.0990 e. The molecule has 0 aliphatic heterocycles. The molecular formula is C23H26. The van der Waals surface area contributed by atoms with Crippen LogP contribution in [0.5, 0.6) is 0 Å². The maximum absolute atomic E-state index is 4.22. The minimum atomic E-state index is 0.711. The van der Waals surface area contributed by atoms with Crippen molar-refractivity contribution in [1.82, 2.24) is 0 Å². The van der Waals surface area contributed by atoms with Crippen LogP contribution < -0.4 is 0 Å². The molecule has 0 saturated heterocycles. The molecule has 0 nitrogen and oxygen atoms in total. The van der Waals surface area contributed by atoms with Crippen molar-refractivity contribution in [2.45, 2.75) is 20.3 Å². The van der Waals surface area contributed by atoms with E-state index in [1.807, 2.05) is 19.1 Å². The van der Waals surface area contributed by atoms with Crippen LogP contribution in [0.3, 0.4) is 0 Å². The van der Waals surface area contributed by atoms with E-state index in [-0.39, 0.29) is 0 Å². The van der Waals surface area contributed by atoms with Gasteiger partial charge in [0.15, 0.2) is 0 Å². The summed E-state index contributed by atoms with van der Waals surface area (Å²) >= 11 is 0. The first-order valence-corrected chi connectivity index (χ1v) is 8.10. The summed E-state index contributed by atoms with van der Waals surface area (Å²) in [7, 11) is 0. The van der Waals surface area contributed by atoms with E-state index < -0.39 is 0 Å². The fourth-order valence-electron chi connectivity index (χ4n) is 2.73. The van der Waals surface area contributed by atoms with Crippen molar-refractivity contribution in [1.29, 1.82) is 0 Å². The summed E-state index contributed by atoms with van der Waals surface area (Å²) < 4.78 is 0. The van der Waals surface area contributed by atoms with Crippen LogP contribution in [0.1, 0.15) is 31.4 Å². The summed E-state index contributed by atoms with van der Waals surface area (Å²) in [6.45, 7) is 20.3. The third kappa shape index (κ3) is 4.10. The van der Waals surface area contributed by atoms with Crippen molar-refractivity contribution in [2.24, 2.45) is 11.8 Å². The van der Waals surface area contributed by atoms with Crippen LogP contribution in [-0.2, 0) is 0 Å². The molecule has 0 aromatic heterocycles. The Hall–Kier alpha value is -2.34. The SMILES string of the molecule is C=C/C=C(\C(=C)C)C(=C)c1ccc(/C(C=C)=C/C2CC2C)cc1. The van der Waals surface area contributed by atoms with Gasteiger partial charge in [0.05, 0.1) is 0 Å². The van der Waals surface area contributed by atoms with Crippen molar-refractivity contribution >= 4 is 11.1 Å². The second kappa shape index (κ2) is 7.28. The number of hydrogen-bond acceptors (Lipinski definition) is 0. The molecular weight excluding hydrogens is 276 g/mol. The highest BCUT2D eigenvalue weighted by Crippen LogP contribution is 2.41. The maximum Gasteiger partial charge on any atom is -0.0161 e. The van der Waals surface area contributed by atoms with Crippen LogP contribution in [0.15, 0.2) is 86.0 Å². The molecule has 1 saturated carbocycles. The highest BCUT2D eigenvalue weighted by Gasteiger charge is 2.30. The van der Waals surface area contributed by atoms with Gasteiger partial charge >= 0.3 is 0 Å². The molecule has 118 valence electrons. The van der Waals surface area contributed by atoms with Crippen molar-refractivity contribution in [3.8, 4) is 0 Å². The van der Waals surface area contributed by atoms with Gasteiger partial charge in [0.25, 0.3) is 0 Å². The summed E-state index contributed by atoms with van der Waals surface area (Å²) in [6, 6.07) is 8.52. The second-order valence-corrected chi connectivity index (χ2v) is 6.36. The molecule has 2 atom stereocenters. The molecule has 0 spiro atoms. The molecule has 23 heavy (non-hydrogen) atoms. The van der Waals surface area contributed by atoms with Gasteiger partial charge in [0.2, 0.25) is 0 Å². The van der Waals surface area contributed by atoms with E-state index in [4.69, 9.17) is 0 Å². The van der Waals surface area contributed by atoms with Gasteiger partial charge in [-0.3, -0.25) is 0 Å². The zero-order valence-electron chi connectivity index (χ0n) is 14.3. The Labute approximate surface area is 140 Å². The molecule has 0 heteroatoms. The lowest BCUT2D eigenvalue weighted by molar-refractivity contribution is 0.900. The minimum absolute atomic E-state index is 0.711. The third-order valence-electron chi connectivity index (χ3n) is 4.42. The zero-order chi connectivity index (χ0) is 17.0. The predicted octanol–water partition coefficient (Wildman–Crippen LogP) is 6.61. The first kappa shape index (κ1) is 17.0. The summed E-state index contributed by atoms with van der Waals surface area (Å²) in [5.41, 5.74) is 6.54. The van der Waals surface area contributed by atoms with E-state index in [1.54, 1.807) is 6.08 Å². The van der Waals surface area contributed by atoms with Gasteiger partial charge < -0.3 is 0 Å². The topological polar surface area (TPSA) is 0 Å². The Morgan fingerprint density at radius 2 is 1.65 bits per heavy atom. The number of allylic oxidation sites excluding steroid dienone is 8.